The van der Waals surface area contributed by atoms with Gasteiger partial charge in [-0.05, 0) is 39.8 Å². The maximum atomic E-state index is 12.6. The average molecular weight is 307 g/mol. The molecule has 2 N–H and O–H groups in total. The van der Waals surface area contributed by atoms with Crippen molar-refractivity contribution in [2.75, 3.05) is 13.1 Å². The van der Waals surface area contributed by atoms with Gasteiger partial charge in [0.2, 0.25) is 0 Å². The fraction of sp³-hybridized carbons (Fsp3) is 0.533. The van der Waals surface area contributed by atoms with Crippen molar-refractivity contribution >= 4 is 23.1 Å². The first-order valence-corrected chi connectivity index (χ1v) is 7.26. The van der Waals surface area contributed by atoms with E-state index in [9.17, 15) is 4.79 Å². The quantitative estimate of drug-likeness (QED) is 0.843. The topological polar surface area (TPSA) is 68.5 Å². The smallest absolute Gasteiger partial charge is 0.272 e. The summed E-state index contributed by atoms with van der Waals surface area (Å²) in [4.78, 5) is 18.8. The Hall–Kier alpha value is -1.53. The van der Waals surface area contributed by atoms with Gasteiger partial charge in [-0.25, -0.2) is 0 Å². The number of thiocarbonyl (C=S) groups is 1. The minimum absolute atomic E-state index is 0.103. The third-order valence-corrected chi connectivity index (χ3v) is 3.49. The zero-order valence-corrected chi connectivity index (χ0v) is 13.7. The summed E-state index contributed by atoms with van der Waals surface area (Å²) >= 11 is 4.88. The third-order valence-electron chi connectivity index (χ3n) is 3.25. The van der Waals surface area contributed by atoms with Crippen LogP contribution in [0.2, 0.25) is 0 Å². The highest BCUT2D eigenvalue weighted by atomic mass is 32.1. The fourth-order valence-electron chi connectivity index (χ4n) is 2.76. The number of carbonyl (C=O) groups excluding carboxylic acids is 1. The van der Waals surface area contributed by atoms with Gasteiger partial charge in [0.15, 0.2) is 0 Å². The van der Waals surface area contributed by atoms with E-state index in [2.05, 4.69) is 4.98 Å². The fourth-order valence-corrected chi connectivity index (χ4v) is 2.88. The summed E-state index contributed by atoms with van der Waals surface area (Å²) in [7, 11) is 0. The van der Waals surface area contributed by atoms with Crippen LogP contribution in [0, 0.1) is 0 Å². The minimum atomic E-state index is -0.379. The summed E-state index contributed by atoms with van der Waals surface area (Å²) in [5.41, 5.74) is 5.82. The number of rotatable bonds is 2. The van der Waals surface area contributed by atoms with Crippen LogP contribution >= 0.6 is 12.2 Å². The molecule has 0 aliphatic carbocycles. The van der Waals surface area contributed by atoms with Gasteiger partial charge >= 0.3 is 0 Å². The number of hydrogen-bond donors (Lipinski definition) is 1. The zero-order chi connectivity index (χ0) is 15.8. The second kappa shape index (κ2) is 5.35. The number of nitrogens with zero attached hydrogens (tertiary/aromatic N) is 2. The lowest BCUT2D eigenvalue weighted by molar-refractivity contribution is -0.171. The van der Waals surface area contributed by atoms with E-state index in [0.717, 1.165) is 0 Å². The molecular formula is C15H21N3O2S. The molecule has 0 aromatic carbocycles. The van der Waals surface area contributed by atoms with E-state index in [1.165, 1.54) is 6.20 Å². The summed E-state index contributed by atoms with van der Waals surface area (Å²) in [6.45, 7) is 9.01. The number of pyridine rings is 1. The van der Waals surface area contributed by atoms with Crippen molar-refractivity contribution in [2.45, 2.75) is 38.9 Å². The van der Waals surface area contributed by atoms with Crippen LogP contribution in [0.4, 0.5) is 0 Å². The highest BCUT2D eigenvalue weighted by Gasteiger charge is 2.40. The highest BCUT2D eigenvalue weighted by Crippen LogP contribution is 2.28. The van der Waals surface area contributed by atoms with Crippen LogP contribution in [0.25, 0.3) is 0 Å². The molecule has 1 aromatic rings. The molecule has 2 heterocycles. The van der Waals surface area contributed by atoms with E-state index in [4.69, 9.17) is 22.7 Å². The molecule has 0 spiro atoms. The van der Waals surface area contributed by atoms with Gasteiger partial charge in [-0.3, -0.25) is 9.78 Å². The summed E-state index contributed by atoms with van der Waals surface area (Å²) in [6.07, 6.45) is 1.53. The Morgan fingerprint density at radius 2 is 1.86 bits per heavy atom. The molecule has 1 aromatic heterocycles. The van der Waals surface area contributed by atoms with Gasteiger partial charge in [0.25, 0.3) is 5.91 Å². The zero-order valence-electron chi connectivity index (χ0n) is 12.8. The second-order valence-electron chi connectivity index (χ2n) is 6.58. The Morgan fingerprint density at radius 1 is 1.29 bits per heavy atom. The summed E-state index contributed by atoms with van der Waals surface area (Å²) in [5, 5.41) is 0. The second-order valence-corrected chi connectivity index (χ2v) is 7.02. The molecule has 1 aliphatic rings. The van der Waals surface area contributed by atoms with Gasteiger partial charge in [0, 0.05) is 24.8 Å². The first-order valence-electron chi connectivity index (χ1n) is 6.85. The number of hydrogen-bond acceptors (Lipinski definition) is 4. The van der Waals surface area contributed by atoms with Crippen molar-refractivity contribution in [3.05, 3.63) is 29.6 Å². The first-order chi connectivity index (χ1) is 9.60. The maximum absolute atomic E-state index is 12.6. The van der Waals surface area contributed by atoms with Crippen LogP contribution in [-0.2, 0) is 4.74 Å². The van der Waals surface area contributed by atoms with E-state index < -0.39 is 0 Å². The maximum Gasteiger partial charge on any atom is 0.272 e. The number of amides is 1. The van der Waals surface area contributed by atoms with E-state index in [0.29, 0.717) is 24.3 Å². The average Bonchev–Trinajstić information content (AvgIpc) is 2.34. The summed E-state index contributed by atoms with van der Waals surface area (Å²) in [5.74, 6) is -0.103. The molecule has 0 radical (unpaired) electrons. The van der Waals surface area contributed by atoms with Gasteiger partial charge in [0.05, 0.1) is 11.2 Å². The molecule has 1 fully saturated rings. The van der Waals surface area contributed by atoms with Crippen LogP contribution in [0.3, 0.4) is 0 Å². The Balaban J connectivity index is 2.21. The predicted octanol–water partition coefficient (Wildman–Crippen LogP) is 1.75. The molecule has 6 heteroatoms. The molecule has 114 valence electrons. The van der Waals surface area contributed by atoms with E-state index in [1.807, 2.05) is 27.7 Å². The predicted molar refractivity (Wildman–Crippen MR) is 85.3 cm³/mol. The Labute approximate surface area is 130 Å². The molecule has 5 nitrogen and oxygen atoms in total. The van der Waals surface area contributed by atoms with Crippen LogP contribution < -0.4 is 5.73 Å². The van der Waals surface area contributed by atoms with E-state index in [1.54, 1.807) is 17.0 Å². The standard InChI is InChI=1S/C15H21N3O2S/c1-14(2)8-18(9-15(3,4)20-14)13(19)11-6-5-10(7-17-11)12(16)21/h5-7H,8-9H2,1-4H3,(H2,16,21). The lowest BCUT2D eigenvalue weighted by Gasteiger charge is -2.47. The lowest BCUT2D eigenvalue weighted by Crippen LogP contribution is -2.58. The summed E-state index contributed by atoms with van der Waals surface area (Å²) in [6, 6.07) is 3.38. The number of nitrogens with two attached hydrogens (primary N) is 1. The number of aromatic nitrogens is 1. The molecule has 0 atom stereocenters. The number of carbonyl (C=O) groups is 1. The molecule has 1 amide bonds. The van der Waals surface area contributed by atoms with Crippen LogP contribution in [0.1, 0.15) is 43.7 Å². The normalized spacial score (nSPS) is 20.1. The highest BCUT2D eigenvalue weighted by molar-refractivity contribution is 7.80. The Bertz CT molecular complexity index is 551. The van der Waals surface area contributed by atoms with Crippen molar-refractivity contribution in [2.24, 2.45) is 5.73 Å². The van der Waals surface area contributed by atoms with Gasteiger partial charge < -0.3 is 15.4 Å². The number of morpholine rings is 1. The Kier molecular flexibility index (Phi) is 4.04. The molecule has 0 saturated carbocycles. The molecule has 0 unspecified atom stereocenters. The van der Waals surface area contributed by atoms with Gasteiger partial charge in [-0.15, -0.1) is 0 Å². The molecule has 1 saturated heterocycles. The van der Waals surface area contributed by atoms with Crippen molar-refractivity contribution in [3.63, 3.8) is 0 Å². The monoisotopic (exact) mass is 307 g/mol. The van der Waals surface area contributed by atoms with E-state index >= 15 is 0 Å². The number of ether oxygens (including phenoxy) is 1. The molecule has 1 aliphatic heterocycles. The van der Waals surface area contributed by atoms with Crippen LogP contribution in [0.5, 0.6) is 0 Å². The Morgan fingerprint density at radius 3 is 2.29 bits per heavy atom. The van der Waals surface area contributed by atoms with Crippen molar-refractivity contribution in [1.29, 1.82) is 0 Å². The molecule has 0 bridgehead atoms. The molecule has 2 rings (SSSR count). The molecule has 21 heavy (non-hydrogen) atoms. The summed E-state index contributed by atoms with van der Waals surface area (Å²) < 4.78 is 5.98. The third kappa shape index (κ3) is 3.77. The largest absolute Gasteiger partial charge is 0.389 e. The first kappa shape index (κ1) is 15.9. The van der Waals surface area contributed by atoms with Gasteiger partial charge in [-0.2, -0.15) is 0 Å². The van der Waals surface area contributed by atoms with Crippen molar-refractivity contribution < 1.29 is 9.53 Å². The van der Waals surface area contributed by atoms with E-state index in [-0.39, 0.29) is 22.1 Å². The van der Waals surface area contributed by atoms with Gasteiger partial charge in [0.1, 0.15) is 10.7 Å². The lowest BCUT2D eigenvalue weighted by atomic mass is 9.98. The van der Waals surface area contributed by atoms with Crippen molar-refractivity contribution in [3.8, 4) is 0 Å². The minimum Gasteiger partial charge on any atom is -0.389 e. The van der Waals surface area contributed by atoms with Crippen LogP contribution in [0.15, 0.2) is 18.3 Å². The van der Waals surface area contributed by atoms with Crippen LogP contribution in [-0.4, -0.2) is 45.1 Å². The SMILES string of the molecule is CC1(C)CN(C(=O)c2ccc(C(N)=S)cn2)CC(C)(C)O1. The van der Waals surface area contributed by atoms with Gasteiger partial charge in [-0.1, -0.05) is 12.2 Å². The molecular weight excluding hydrogens is 286 g/mol. The van der Waals surface area contributed by atoms with Crippen molar-refractivity contribution in [1.82, 2.24) is 9.88 Å².